The van der Waals surface area contributed by atoms with Gasteiger partial charge in [-0.05, 0) is 6.42 Å². The summed E-state index contributed by atoms with van der Waals surface area (Å²) in [5.41, 5.74) is 1.16. The maximum atomic E-state index is 5.88. The summed E-state index contributed by atoms with van der Waals surface area (Å²) in [5.74, 6) is -0.463. The van der Waals surface area contributed by atoms with E-state index < -0.39 is 5.79 Å². The van der Waals surface area contributed by atoms with Crippen molar-refractivity contribution in [2.45, 2.75) is 44.8 Å². The van der Waals surface area contributed by atoms with E-state index in [1.165, 1.54) is 25.7 Å². The maximum Gasteiger partial charge on any atom is 0.194 e. The van der Waals surface area contributed by atoms with Gasteiger partial charge in [0.1, 0.15) is 0 Å². The number of hydrogen-bond donors (Lipinski definition) is 0. The van der Waals surface area contributed by atoms with Gasteiger partial charge >= 0.3 is 0 Å². The molecule has 17 heavy (non-hydrogen) atoms. The van der Waals surface area contributed by atoms with Crippen molar-refractivity contribution in [2.75, 3.05) is 13.2 Å². The van der Waals surface area contributed by atoms with Crippen LogP contribution in [-0.4, -0.2) is 13.2 Å². The van der Waals surface area contributed by atoms with Crippen LogP contribution in [0.1, 0.15) is 44.6 Å². The summed E-state index contributed by atoms with van der Waals surface area (Å²) in [6.45, 7) is 3.65. The summed E-state index contributed by atoms with van der Waals surface area (Å²) in [6.07, 6.45) is 5.96. The average molecular weight is 234 g/mol. The molecule has 0 bridgehead atoms. The highest BCUT2D eigenvalue weighted by molar-refractivity contribution is 5.20. The van der Waals surface area contributed by atoms with Gasteiger partial charge < -0.3 is 9.47 Å². The van der Waals surface area contributed by atoms with Crippen LogP contribution in [0, 0.1) is 0 Å². The molecule has 0 radical (unpaired) electrons. The van der Waals surface area contributed by atoms with E-state index in [1.807, 2.05) is 18.2 Å². The molecule has 1 saturated heterocycles. The first-order chi connectivity index (χ1) is 8.37. The third-order valence-corrected chi connectivity index (χ3v) is 3.33. The van der Waals surface area contributed by atoms with E-state index in [1.54, 1.807) is 0 Å². The quantitative estimate of drug-likeness (QED) is 0.696. The Balaban J connectivity index is 2.00. The third-order valence-electron chi connectivity index (χ3n) is 3.33. The van der Waals surface area contributed by atoms with Crippen molar-refractivity contribution in [2.24, 2.45) is 0 Å². The minimum Gasteiger partial charge on any atom is -0.343 e. The molecule has 1 fully saturated rings. The van der Waals surface area contributed by atoms with Gasteiger partial charge in [-0.25, -0.2) is 0 Å². The number of benzene rings is 1. The van der Waals surface area contributed by atoms with Crippen LogP contribution in [0.25, 0.3) is 0 Å². The van der Waals surface area contributed by atoms with E-state index in [4.69, 9.17) is 9.47 Å². The van der Waals surface area contributed by atoms with Crippen LogP contribution in [0.5, 0.6) is 0 Å². The van der Waals surface area contributed by atoms with Crippen LogP contribution in [0.2, 0.25) is 0 Å². The first kappa shape index (κ1) is 12.6. The van der Waals surface area contributed by atoms with Crippen molar-refractivity contribution < 1.29 is 9.47 Å². The van der Waals surface area contributed by atoms with Crippen molar-refractivity contribution >= 4 is 0 Å². The minimum atomic E-state index is -0.463. The first-order valence-electron chi connectivity index (χ1n) is 6.71. The van der Waals surface area contributed by atoms with Crippen LogP contribution in [0.15, 0.2) is 30.3 Å². The highest BCUT2D eigenvalue weighted by Gasteiger charge is 2.37. The van der Waals surface area contributed by atoms with E-state index in [2.05, 4.69) is 19.1 Å². The van der Waals surface area contributed by atoms with Gasteiger partial charge in [-0.2, -0.15) is 0 Å². The predicted octanol–water partition coefficient (Wildman–Crippen LogP) is 3.86. The topological polar surface area (TPSA) is 18.5 Å². The summed E-state index contributed by atoms with van der Waals surface area (Å²) in [4.78, 5) is 0. The van der Waals surface area contributed by atoms with Crippen molar-refractivity contribution in [1.82, 2.24) is 0 Å². The first-order valence-corrected chi connectivity index (χ1v) is 6.71. The molecule has 0 unspecified atom stereocenters. The fraction of sp³-hybridized carbons (Fsp3) is 0.600. The number of rotatable bonds is 6. The van der Waals surface area contributed by atoms with E-state index >= 15 is 0 Å². The molecule has 1 aromatic carbocycles. The Kier molecular flexibility index (Phi) is 4.57. The summed E-state index contributed by atoms with van der Waals surface area (Å²) in [5, 5.41) is 0. The number of hydrogen-bond acceptors (Lipinski definition) is 2. The molecule has 1 heterocycles. The maximum absolute atomic E-state index is 5.88. The van der Waals surface area contributed by atoms with Crippen LogP contribution in [0.4, 0.5) is 0 Å². The Morgan fingerprint density at radius 1 is 1.00 bits per heavy atom. The summed E-state index contributed by atoms with van der Waals surface area (Å²) in [7, 11) is 0. The summed E-state index contributed by atoms with van der Waals surface area (Å²) >= 11 is 0. The Bertz CT molecular complexity index is 315. The largest absolute Gasteiger partial charge is 0.343 e. The molecule has 2 nitrogen and oxygen atoms in total. The fourth-order valence-corrected chi connectivity index (χ4v) is 2.39. The van der Waals surface area contributed by atoms with Crippen molar-refractivity contribution in [3.8, 4) is 0 Å². The van der Waals surface area contributed by atoms with Crippen molar-refractivity contribution in [3.05, 3.63) is 35.9 Å². The second-order valence-electron chi connectivity index (χ2n) is 4.63. The van der Waals surface area contributed by atoms with Gasteiger partial charge in [-0.15, -0.1) is 0 Å². The molecule has 2 rings (SSSR count). The molecular weight excluding hydrogens is 212 g/mol. The Labute approximate surface area is 104 Å². The predicted molar refractivity (Wildman–Crippen MR) is 68.8 cm³/mol. The standard InChI is InChI=1S/C15H22O2/c1-2-3-4-8-11-15(16-12-13-17-15)14-9-6-5-7-10-14/h5-7,9-10H,2-4,8,11-13H2,1H3. The molecule has 0 atom stereocenters. The molecule has 94 valence electrons. The normalized spacial score (nSPS) is 18.4. The monoisotopic (exact) mass is 234 g/mol. The van der Waals surface area contributed by atoms with E-state index in [0.29, 0.717) is 13.2 Å². The molecular formula is C15H22O2. The minimum absolute atomic E-state index is 0.463. The van der Waals surface area contributed by atoms with Crippen LogP contribution < -0.4 is 0 Å². The van der Waals surface area contributed by atoms with Crippen LogP contribution >= 0.6 is 0 Å². The Morgan fingerprint density at radius 2 is 1.71 bits per heavy atom. The van der Waals surface area contributed by atoms with Gasteiger partial charge in [0.15, 0.2) is 5.79 Å². The lowest BCUT2D eigenvalue weighted by molar-refractivity contribution is -0.171. The zero-order chi connectivity index (χ0) is 12.0. The summed E-state index contributed by atoms with van der Waals surface area (Å²) in [6, 6.07) is 10.3. The molecule has 2 heteroatoms. The number of unbranched alkanes of at least 4 members (excludes halogenated alkanes) is 3. The highest BCUT2D eigenvalue weighted by atomic mass is 16.7. The molecule has 1 aliphatic rings. The molecule has 0 aromatic heterocycles. The SMILES string of the molecule is CCCCCCC1(c2ccccc2)OCCO1. The van der Waals surface area contributed by atoms with E-state index in [-0.39, 0.29) is 0 Å². The molecule has 0 saturated carbocycles. The second kappa shape index (κ2) is 6.18. The van der Waals surface area contributed by atoms with Crippen molar-refractivity contribution in [3.63, 3.8) is 0 Å². The van der Waals surface area contributed by atoms with Crippen LogP contribution in [0.3, 0.4) is 0 Å². The third kappa shape index (κ3) is 3.08. The van der Waals surface area contributed by atoms with Gasteiger partial charge in [-0.1, -0.05) is 56.5 Å². The lowest BCUT2D eigenvalue weighted by atomic mass is 9.99. The Morgan fingerprint density at radius 3 is 2.35 bits per heavy atom. The fourth-order valence-electron chi connectivity index (χ4n) is 2.39. The highest BCUT2D eigenvalue weighted by Crippen LogP contribution is 2.36. The van der Waals surface area contributed by atoms with E-state index in [9.17, 15) is 0 Å². The smallest absolute Gasteiger partial charge is 0.194 e. The molecule has 0 aliphatic carbocycles. The lowest BCUT2D eigenvalue weighted by Crippen LogP contribution is -2.27. The van der Waals surface area contributed by atoms with Gasteiger partial charge in [0.25, 0.3) is 0 Å². The van der Waals surface area contributed by atoms with E-state index in [0.717, 1.165) is 12.0 Å². The molecule has 0 N–H and O–H groups in total. The van der Waals surface area contributed by atoms with Crippen molar-refractivity contribution in [1.29, 1.82) is 0 Å². The molecule has 1 aromatic rings. The summed E-state index contributed by atoms with van der Waals surface area (Å²) < 4.78 is 11.8. The van der Waals surface area contributed by atoms with Crippen LogP contribution in [-0.2, 0) is 15.3 Å². The average Bonchev–Trinajstić information content (AvgIpc) is 2.86. The zero-order valence-corrected chi connectivity index (χ0v) is 10.7. The zero-order valence-electron chi connectivity index (χ0n) is 10.7. The van der Waals surface area contributed by atoms with Gasteiger partial charge in [0.2, 0.25) is 0 Å². The van der Waals surface area contributed by atoms with Gasteiger partial charge in [-0.3, -0.25) is 0 Å². The Hall–Kier alpha value is -0.860. The lowest BCUT2D eigenvalue weighted by Gasteiger charge is -2.27. The second-order valence-corrected chi connectivity index (χ2v) is 4.63. The van der Waals surface area contributed by atoms with Gasteiger partial charge in [0, 0.05) is 12.0 Å². The molecule has 0 spiro atoms. The van der Waals surface area contributed by atoms with Gasteiger partial charge in [0.05, 0.1) is 13.2 Å². The molecule has 0 amide bonds. The molecule has 1 aliphatic heterocycles. The number of ether oxygens (including phenoxy) is 2.